The fourth-order valence-corrected chi connectivity index (χ4v) is 3.43. The van der Waals surface area contributed by atoms with Gasteiger partial charge in [-0.15, -0.1) is 0 Å². The third kappa shape index (κ3) is 2.25. The Kier molecular flexibility index (Phi) is 2.86. The second kappa shape index (κ2) is 4.31. The van der Waals surface area contributed by atoms with Crippen molar-refractivity contribution in [3.8, 4) is 0 Å². The zero-order chi connectivity index (χ0) is 13.6. The van der Waals surface area contributed by atoms with Gasteiger partial charge in [-0.1, -0.05) is 0 Å². The largest absolute Gasteiger partial charge is 0.347 e. The summed E-state index contributed by atoms with van der Waals surface area (Å²) in [5, 5.41) is 0. The van der Waals surface area contributed by atoms with E-state index in [1.165, 1.54) is 10.6 Å². The number of aromatic amines is 1. The summed E-state index contributed by atoms with van der Waals surface area (Å²) in [6, 6.07) is 0. The lowest BCUT2D eigenvalue weighted by molar-refractivity contribution is -0.140. The highest BCUT2D eigenvalue weighted by Crippen LogP contribution is 2.23. The van der Waals surface area contributed by atoms with Crippen LogP contribution >= 0.6 is 0 Å². The molecule has 104 valence electrons. The Morgan fingerprint density at radius 2 is 2.21 bits per heavy atom. The second-order valence-corrected chi connectivity index (χ2v) is 7.10. The molecule has 0 saturated carbocycles. The van der Waals surface area contributed by atoms with Crippen LogP contribution in [0.3, 0.4) is 0 Å². The summed E-state index contributed by atoms with van der Waals surface area (Å²) in [6.45, 7) is 1.82. The van der Waals surface area contributed by atoms with Gasteiger partial charge in [0.2, 0.25) is 15.9 Å². The first-order valence-electron chi connectivity index (χ1n) is 6.20. The minimum absolute atomic E-state index is 0.0418. The van der Waals surface area contributed by atoms with E-state index in [0.29, 0.717) is 26.2 Å². The number of H-pyrrole nitrogens is 1. The fraction of sp³-hybridized carbons (Fsp3) is 0.636. The van der Waals surface area contributed by atoms with E-state index in [1.54, 1.807) is 11.2 Å². The molecule has 0 aliphatic carbocycles. The Bertz CT molecular complexity index is 603. The molecule has 0 aromatic carbocycles. The molecule has 0 radical (unpaired) electrons. The fourth-order valence-electron chi connectivity index (χ4n) is 2.52. The number of hydrogen-bond acceptors (Lipinski definition) is 4. The number of amides is 1. The zero-order valence-corrected chi connectivity index (χ0v) is 11.5. The molecule has 1 amide bonds. The molecule has 0 spiro atoms. The molecule has 1 saturated heterocycles. The highest BCUT2D eigenvalue weighted by atomic mass is 32.2. The highest BCUT2D eigenvalue weighted by Gasteiger charge is 2.40. The molecule has 3 heterocycles. The number of nitrogens with one attached hydrogen (secondary N) is 1. The SMILES string of the molecule is CS(=O)(=O)N1CC(C(=O)N2CCc3nc[nH]c3C2)C1. The van der Waals surface area contributed by atoms with Crippen molar-refractivity contribution >= 4 is 15.9 Å². The summed E-state index contributed by atoms with van der Waals surface area (Å²) < 4.78 is 23.9. The Morgan fingerprint density at radius 1 is 1.47 bits per heavy atom. The van der Waals surface area contributed by atoms with Crippen molar-refractivity contribution in [2.24, 2.45) is 5.92 Å². The number of aromatic nitrogens is 2. The lowest BCUT2D eigenvalue weighted by Crippen LogP contribution is -2.56. The zero-order valence-electron chi connectivity index (χ0n) is 10.7. The summed E-state index contributed by atoms with van der Waals surface area (Å²) in [7, 11) is -3.16. The average molecular weight is 284 g/mol. The van der Waals surface area contributed by atoms with E-state index in [4.69, 9.17) is 0 Å². The van der Waals surface area contributed by atoms with E-state index < -0.39 is 10.0 Å². The number of nitrogens with zero attached hydrogens (tertiary/aromatic N) is 3. The van der Waals surface area contributed by atoms with E-state index in [9.17, 15) is 13.2 Å². The number of carbonyl (C=O) groups excluding carboxylic acids is 1. The molecule has 2 aliphatic rings. The van der Waals surface area contributed by atoms with Crippen LogP contribution in [0.25, 0.3) is 0 Å². The molecule has 2 aliphatic heterocycles. The minimum atomic E-state index is -3.16. The van der Waals surface area contributed by atoms with Crippen LogP contribution in [0.5, 0.6) is 0 Å². The summed E-state index contributed by atoms with van der Waals surface area (Å²) in [5.41, 5.74) is 2.01. The van der Waals surface area contributed by atoms with E-state index in [2.05, 4.69) is 9.97 Å². The number of rotatable bonds is 2. The Balaban J connectivity index is 1.62. The van der Waals surface area contributed by atoms with Gasteiger partial charge in [0.05, 0.1) is 36.4 Å². The van der Waals surface area contributed by atoms with Crippen LogP contribution < -0.4 is 0 Å². The van der Waals surface area contributed by atoms with Crippen LogP contribution in [0.4, 0.5) is 0 Å². The lowest BCUT2D eigenvalue weighted by Gasteiger charge is -2.39. The van der Waals surface area contributed by atoms with Gasteiger partial charge in [0.25, 0.3) is 0 Å². The highest BCUT2D eigenvalue weighted by molar-refractivity contribution is 7.88. The van der Waals surface area contributed by atoms with E-state index >= 15 is 0 Å². The van der Waals surface area contributed by atoms with Crippen molar-refractivity contribution in [1.82, 2.24) is 19.2 Å². The first kappa shape index (κ1) is 12.6. The predicted octanol–water partition coefficient (Wildman–Crippen LogP) is -0.814. The molecule has 7 nitrogen and oxygen atoms in total. The van der Waals surface area contributed by atoms with Crippen LogP contribution in [0.1, 0.15) is 11.4 Å². The molecule has 1 aromatic heterocycles. The van der Waals surface area contributed by atoms with Crippen molar-refractivity contribution in [2.45, 2.75) is 13.0 Å². The topological polar surface area (TPSA) is 86.4 Å². The third-order valence-corrected chi connectivity index (χ3v) is 4.99. The Morgan fingerprint density at radius 3 is 2.89 bits per heavy atom. The van der Waals surface area contributed by atoms with E-state index in [-0.39, 0.29) is 11.8 Å². The molecule has 1 N–H and O–H groups in total. The molecule has 1 aromatic rings. The lowest BCUT2D eigenvalue weighted by atomic mass is 10.00. The van der Waals surface area contributed by atoms with Crippen LogP contribution in [-0.4, -0.2) is 59.4 Å². The van der Waals surface area contributed by atoms with Gasteiger partial charge in [0, 0.05) is 26.1 Å². The van der Waals surface area contributed by atoms with Gasteiger partial charge >= 0.3 is 0 Å². The summed E-state index contributed by atoms with van der Waals surface area (Å²) >= 11 is 0. The number of sulfonamides is 1. The standard InChI is InChI=1S/C11H16N4O3S/c1-19(17,18)15-4-8(5-15)11(16)14-3-2-9-10(6-14)13-7-12-9/h7-8H,2-6H2,1H3,(H,12,13). The van der Waals surface area contributed by atoms with Gasteiger partial charge in [-0.05, 0) is 0 Å². The van der Waals surface area contributed by atoms with Crippen LogP contribution in [0.2, 0.25) is 0 Å². The van der Waals surface area contributed by atoms with Gasteiger partial charge in [-0.3, -0.25) is 4.79 Å². The van der Waals surface area contributed by atoms with Gasteiger partial charge in [0.15, 0.2) is 0 Å². The van der Waals surface area contributed by atoms with Crippen molar-refractivity contribution in [3.63, 3.8) is 0 Å². The van der Waals surface area contributed by atoms with Crippen LogP contribution in [0.15, 0.2) is 6.33 Å². The number of hydrogen-bond donors (Lipinski definition) is 1. The second-order valence-electron chi connectivity index (χ2n) is 5.11. The number of imidazole rings is 1. The quantitative estimate of drug-likeness (QED) is 0.769. The predicted molar refractivity (Wildman–Crippen MR) is 67.6 cm³/mol. The first-order valence-corrected chi connectivity index (χ1v) is 8.05. The smallest absolute Gasteiger partial charge is 0.228 e. The van der Waals surface area contributed by atoms with Gasteiger partial charge in [-0.2, -0.15) is 0 Å². The molecule has 0 atom stereocenters. The molecule has 8 heteroatoms. The maximum Gasteiger partial charge on any atom is 0.228 e. The maximum atomic E-state index is 12.3. The molecule has 1 fully saturated rings. The van der Waals surface area contributed by atoms with Gasteiger partial charge in [0.1, 0.15) is 0 Å². The van der Waals surface area contributed by atoms with Gasteiger partial charge in [-0.25, -0.2) is 17.7 Å². The van der Waals surface area contributed by atoms with Crippen molar-refractivity contribution < 1.29 is 13.2 Å². The first-order chi connectivity index (χ1) is 8.95. The van der Waals surface area contributed by atoms with E-state index in [0.717, 1.165) is 17.8 Å². The molecule has 3 rings (SSSR count). The Labute approximate surface area is 111 Å². The van der Waals surface area contributed by atoms with Crippen molar-refractivity contribution in [1.29, 1.82) is 0 Å². The summed E-state index contributed by atoms with van der Waals surface area (Å²) in [4.78, 5) is 21.3. The molecular formula is C11H16N4O3S. The van der Waals surface area contributed by atoms with Crippen molar-refractivity contribution in [3.05, 3.63) is 17.7 Å². The van der Waals surface area contributed by atoms with Crippen LogP contribution in [0, 0.1) is 5.92 Å². The normalized spacial score (nSPS) is 21.0. The van der Waals surface area contributed by atoms with E-state index in [1.807, 2.05) is 0 Å². The summed E-state index contributed by atoms with van der Waals surface area (Å²) in [5.74, 6) is -0.153. The third-order valence-electron chi connectivity index (χ3n) is 3.75. The maximum absolute atomic E-state index is 12.3. The molecular weight excluding hydrogens is 268 g/mol. The van der Waals surface area contributed by atoms with Gasteiger partial charge < -0.3 is 9.88 Å². The van der Waals surface area contributed by atoms with Crippen molar-refractivity contribution in [2.75, 3.05) is 25.9 Å². The Hall–Kier alpha value is -1.41. The number of carbonyl (C=O) groups is 1. The molecule has 19 heavy (non-hydrogen) atoms. The minimum Gasteiger partial charge on any atom is -0.347 e. The summed E-state index contributed by atoms with van der Waals surface area (Å²) in [6.07, 6.45) is 3.58. The monoisotopic (exact) mass is 284 g/mol. The molecule has 0 bridgehead atoms. The number of fused-ring (bicyclic) bond motifs is 1. The average Bonchev–Trinajstić information content (AvgIpc) is 2.71. The molecule has 0 unspecified atom stereocenters. The van der Waals surface area contributed by atoms with Crippen LogP contribution in [-0.2, 0) is 27.8 Å².